The lowest BCUT2D eigenvalue weighted by Gasteiger charge is -2.16. The number of rotatable bonds is 6. The van der Waals surface area contributed by atoms with Crippen LogP contribution in [-0.4, -0.2) is 37.7 Å². The van der Waals surface area contributed by atoms with Crippen molar-refractivity contribution in [2.24, 2.45) is 7.05 Å². The molecule has 0 atom stereocenters. The molecule has 0 fully saturated rings. The van der Waals surface area contributed by atoms with Crippen molar-refractivity contribution in [1.82, 2.24) is 19.2 Å². The molecule has 0 aliphatic heterocycles. The largest absolute Gasteiger partial charge is 0.388 e. The van der Waals surface area contributed by atoms with Gasteiger partial charge in [-0.05, 0) is 43.2 Å². The number of aromatic nitrogens is 3. The van der Waals surface area contributed by atoms with Crippen molar-refractivity contribution < 1.29 is 5.11 Å². The van der Waals surface area contributed by atoms with E-state index >= 15 is 0 Å². The van der Waals surface area contributed by atoms with Crippen LogP contribution in [0.2, 0.25) is 0 Å². The van der Waals surface area contributed by atoms with E-state index in [9.17, 15) is 5.11 Å². The van der Waals surface area contributed by atoms with Crippen LogP contribution >= 0.6 is 24.0 Å². The molecule has 7 heteroatoms. The molecule has 1 N–H and O–H groups in total. The quantitative estimate of drug-likeness (QED) is 0.652. The van der Waals surface area contributed by atoms with Crippen molar-refractivity contribution in [1.29, 1.82) is 0 Å². The number of benzene rings is 1. The van der Waals surface area contributed by atoms with Gasteiger partial charge in [0.15, 0.2) is 10.6 Å². The first kappa shape index (κ1) is 16.2. The molecule has 0 spiro atoms. The Balaban J connectivity index is 2.04. The van der Waals surface area contributed by atoms with E-state index in [4.69, 9.17) is 12.2 Å². The third-order valence-electron chi connectivity index (χ3n) is 3.26. The van der Waals surface area contributed by atoms with Gasteiger partial charge in [0.2, 0.25) is 0 Å². The second-order valence-electron chi connectivity index (χ2n) is 4.92. The minimum Gasteiger partial charge on any atom is -0.388 e. The molecule has 0 bridgehead atoms. The van der Waals surface area contributed by atoms with Gasteiger partial charge in [0, 0.05) is 18.5 Å². The normalized spacial score (nSPS) is 11.3. The Bertz CT molecular complexity index is 648. The van der Waals surface area contributed by atoms with E-state index in [0.717, 1.165) is 6.54 Å². The summed E-state index contributed by atoms with van der Waals surface area (Å²) in [5, 5.41) is 13.5. The fraction of sp³-hybridized carbons (Fsp3) is 0.429. The zero-order chi connectivity index (χ0) is 15.4. The lowest BCUT2D eigenvalue weighted by molar-refractivity contribution is 0.238. The molecule has 2 rings (SSSR count). The van der Waals surface area contributed by atoms with Crippen molar-refractivity contribution in [3.8, 4) is 0 Å². The molecule has 0 amide bonds. The molecule has 1 aromatic heterocycles. The maximum absolute atomic E-state index is 9.22. The lowest BCUT2D eigenvalue weighted by atomic mass is 10.2. The van der Waals surface area contributed by atoms with Crippen molar-refractivity contribution >= 4 is 24.0 Å². The summed E-state index contributed by atoms with van der Waals surface area (Å²) in [4.78, 5) is 3.40. The number of hydrogen-bond donors (Lipinski definition) is 1. The highest BCUT2D eigenvalue weighted by Gasteiger charge is 2.08. The molecule has 114 valence electrons. The van der Waals surface area contributed by atoms with Gasteiger partial charge in [0.05, 0.1) is 6.67 Å². The van der Waals surface area contributed by atoms with Gasteiger partial charge in [-0.3, -0.25) is 4.90 Å². The summed E-state index contributed by atoms with van der Waals surface area (Å²) >= 11 is 7.06. The third-order valence-corrected chi connectivity index (χ3v) is 4.49. The average Bonchev–Trinajstić information content (AvgIpc) is 2.76. The Kier molecular flexibility index (Phi) is 5.58. The summed E-state index contributed by atoms with van der Waals surface area (Å²) < 4.78 is 4.08. The first-order valence-corrected chi connectivity index (χ1v) is 8.23. The van der Waals surface area contributed by atoms with Gasteiger partial charge < -0.3 is 9.67 Å². The molecule has 0 saturated heterocycles. The monoisotopic (exact) mass is 324 g/mol. The summed E-state index contributed by atoms with van der Waals surface area (Å²) in [6, 6.07) is 8.53. The van der Waals surface area contributed by atoms with E-state index in [1.807, 2.05) is 14.1 Å². The Labute approximate surface area is 134 Å². The molecule has 1 heterocycles. The summed E-state index contributed by atoms with van der Waals surface area (Å²) in [6.45, 7) is 1.31. The Morgan fingerprint density at radius 3 is 2.52 bits per heavy atom. The second kappa shape index (κ2) is 7.22. The smallest absolute Gasteiger partial charge is 0.198 e. The van der Waals surface area contributed by atoms with Gasteiger partial charge in [0.1, 0.15) is 6.61 Å². The highest BCUT2D eigenvalue weighted by atomic mass is 32.2. The van der Waals surface area contributed by atoms with Crippen LogP contribution in [0, 0.1) is 4.77 Å². The zero-order valence-electron chi connectivity index (χ0n) is 12.5. The van der Waals surface area contributed by atoms with Crippen LogP contribution in [0.25, 0.3) is 0 Å². The maximum atomic E-state index is 9.22. The molecule has 2 aromatic rings. The van der Waals surface area contributed by atoms with Gasteiger partial charge in [-0.1, -0.05) is 12.1 Å². The molecular weight excluding hydrogens is 304 g/mol. The number of aliphatic hydroxyl groups excluding tert-OH is 1. The average molecular weight is 324 g/mol. The van der Waals surface area contributed by atoms with Crippen molar-refractivity contribution in [2.75, 3.05) is 13.3 Å². The Morgan fingerprint density at radius 2 is 2.00 bits per heavy atom. The molecule has 0 radical (unpaired) electrons. The van der Waals surface area contributed by atoms with Gasteiger partial charge in [0.25, 0.3) is 0 Å². The number of thioether (sulfide) groups is 1. The fourth-order valence-electron chi connectivity index (χ4n) is 2.08. The van der Waals surface area contributed by atoms with Crippen LogP contribution in [0.5, 0.6) is 0 Å². The maximum Gasteiger partial charge on any atom is 0.198 e. The van der Waals surface area contributed by atoms with Crippen LogP contribution in [0.1, 0.15) is 11.4 Å². The lowest BCUT2D eigenvalue weighted by Crippen LogP contribution is -2.22. The van der Waals surface area contributed by atoms with Crippen molar-refractivity contribution in [3.63, 3.8) is 0 Å². The highest BCUT2D eigenvalue weighted by Crippen LogP contribution is 2.15. The van der Waals surface area contributed by atoms with E-state index < -0.39 is 0 Å². The summed E-state index contributed by atoms with van der Waals surface area (Å²) in [5.74, 6) is 0.581. The van der Waals surface area contributed by atoms with E-state index in [2.05, 4.69) is 40.5 Å². The van der Waals surface area contributed by atoms with Crippen LogP contribution < -0.4 is 0 Å². The topological polar surface area (TPSA) is 46.2 Å². The third kappa shape index (κ3) is 3.94. The number of aliphatic hydroxyl groups is 1. The Hall–Kier alpha value is -1.15. The van der Waals surface area contributed by atoms with Crippen LogP contribution in [0.4, 0.5) is 0 Å². The molecule has 0 saturated carbocycles. The molecule has 21 heavy (non-hydrogen) atoms. The van der Waals surface area contributed by atoms with Crippen molar-refractivity contribution in [2.45, 2.75) is 24.7 Å². The minimum atomic E-state index is -0.104. The van der Waals surface area contributed by atoms with E-state index in [0.29, 0.717) is 17.3 Å². The first-order chi connectivity index (χ1) is 10.0. The van der Waals surface area contributed by atoms with E-state index in [1.165, 1.54) is 10.5 Å². The van der Waals surface area contributed by atoms with Crippen LogP contribution in [0.3, 0.4) is 0 Å². The summed E-state index contributed by atoms with van der Waals surface area (Å²) in [7, 11) is 3.84. The standard InChI is InChI=1S/C14H20N4OS2/c1-16(8-11-4-6-12(21-3)7-5-11)10-18-14(20)17(2)13(9-19)15-18/h4-7,19H,8-10H2,1-3H3. The number of nitrogens with zero attached hydrogens (tertiary/aromatic N) is 4. The predicted octanol–water partition coefficient (Wildman–Crippen LogP) is 2.25. The Morgan fingerprint density at radius 1 is 1.33 bits per heavy atom. The summed E-state index contributed by atoms with van der Waals surface area (Å²) in [6.07, 6.45) is 2.07. The highest BCUT2D eigenvalue weighted by molar-refractivity contribution is 7.98. The molecule has 0 aliphatic carbocycles. The SMILES string of the molecule is CSc1ccc(CN(C)Cn2nc(CO)n(C)c2=S)cc1. The van der Waals surface area contributed by atoms with Gasteiger partial charge in [-0.15, -0.1) is 11.8 Å². The van der Waals surface area contributed by atoms with Crippen LogP contribution in [-0.2, 0) is 26.9 Å². The molecule has 1 aromatic carbocycles. The van der Waals surface area contributed by atoms with E-state index in [1.54, 1.807) is 21.0 Å². The molecule has 0 unspecified atom stereocenters. The van der Waals surface area contributed by atoms with Crippen molar-refractivity contribution in [3.05, 3.63) is 40.4 Å². The fourth-order valence-corrected chi connectivity index (χ4v) is 2.70. The predicted molar refractivity (Wildman–Crippen MR) is 87.6 cm³/mol. The van der Waals surface area contributed by atoms with Gasteiger partial charge in [-0.2, -0.15) is 5.10 Å². The first-order valence-electron chi connectivity index (χ1n) is 6.60. The minimum absolute atomic E-state index is 0.104. The molecule has 5 nitrogen and oxygen atoms in total. The number of hydrogen-bond acceptors (Lipinski definition) is 5. The van der Waals surface area contributed by atoms with Crippen LogP contribution in [0.15, 0.2) is 29.2 Å². The molecule has 0 aliphatic rings. The second-order valence-corrected chi connectivity index (χ2v) is 6.16. The van der Waals surface area contributed by atoms with E-state index in [-0.39, 0.29) is 6.61 Å². The summed E-state index contributed by atoms with van der Waals surface area (Å²) in [5.41, 5.74) is 1.25. The van der Waals surface area contributed by atoms with Gasteiger partial charge in [-0.25, -0.2) is 4.68 Å². The molecular formula is C14H20N4OS2. The van der Waals surface area contributed by atoms with Gasteiger partial charge >= 0.3 is 0 Å². The zero-order valence-corrected chi connectivity index (χ0v) is 14.1.